The van der Waals surface area contributed by atoms with Crippen LogP contribution in [0.4, 0.5) is 0 Å². The van der Waals surface area contributed by atoms with Crippen LogP contribution in [0.25, 0.3) is 0 Å². The average molecular weight is 295 g/mol. The molecule has 0 radical (unpaired) electrons. The van der Waals surface area contributed by atoms with Crippen molar-refractivity contribution in [3.8, 4) is 0 Å². The Kier molecular flexibility index (Phi) is 3.35. The summed E-state index contributed by atoms with van der Waals surface area (Å²) in [5, 5.41) is 10.6. The molecule has 0 bridgehead atoms. The number of hydrogen-bond acceptors (Lipinski definition) is 2. The molecule has 2 rings (SSSR count). The largest absolute Gasteiger partial charge is 0.379 e. The summed E-state index contributed by atoms with van der Waals surface area (Å²) in [6, 6.07) is 7.65. The second-order valence-electron chi connectivity index (χ2n) is 4.14. The lowest BCUT2D eigenvalue weighted by Gasteiger charge is -2.22. The van der Waals surface area contributed by atoms with E-state index in [1.807, 2.05) is 42.0 Å². The summed E-state index contributed by atoms with van der Waals surface area (Å²) in [6.07, 6.45) is 3.61. The minimum absolute atomic E-state index is 0.659. The van der Waals surface area contributed by atoms with Crippen molar-refractivity contribution in [3.63, 3.8) is 0 Å². The normalized spacial score (nSPS) is 14.6. The third-order valence-corrected chi connectivity index (χ3v) is 3.59. The minimum atomic E-state index is -1.08. The molecule has 1 heterocycles. The van der Waals surface area contributed by atoms with Gasteiger partial charge in [-0.2, -0.15) is 0 Å². The predicted octanol–water partition coefficient (Wildman–Crippen LogP) is 2.92. The molecule has 1 aromatic carbocycles. The van der Waals surface area contributed by atoms with Crippen LogP contribution in [0.3, 0.4) is 0 Å². The van der Waals surface area contributed by atoms with Gasteiger partial charge in [-0.1, -0.05) is 34.1 Å². The molecule has 0 fully saturated rings. The third kappa shape index (κ3) is 2.28. The van der Waals surface area contributed by atoms with E-state index in [1.54, 1.807) is 13.3 Å². The van der Waals surface area contributed by atoms with Gasteiger partial charge in [0, 0.05) is 22.8 Å². The number of aryl methyl sites for hydroxylation is 1. The van der Waals surface area contributed by atoms with E-state index in [0.717, 1.165) is 16.6 Å². The van der Waals surface area contributed by atoms with Gasteiger partial charge in [-0.15, -0.1) is 0 Å². The fraction of sp³-hybridized carbons (Fsp3) is 0.308. The van der Waals surface area contributed by atoms with Gasteiger partial charge in [0.2, 0.25) is 0 Å². The van der Waals surface area contributed by atoms with Crippen molar-refractivity contribution in [1.29, 1.82) is 0 Å². The number of halogens is 1. The summed E-state index contributed by atoms with van der Waals surface area (Å²) in [7, 11) is 0. The highest BCUT2D eigenvalue weighted by atomic mass is 79.9. The second kappa shape index (κ2) is 4.63. The van der Waals surface area contributed by atoms with Gasteiger partial charge in [-0.3, -0.25) is 0 Å². The highest BCUT2D eigenvalue weighted by Gasteiger charge is 2.29. The molecule has 1 N–H and O–H groups in total. The Hall–Kier alpha value is -1.13. The van der Waals surface area contributed by atoms with E-state index in [1.165, 1.54) is 0 Å². The molecular weight excluding hydrogens is 280 g/mol. The molecule has 0 saturated heterocycles. The monoisotopic (exact) mass is 294 g/mol. The van der Waals surface area contributed by atoms with Crippen molar-refractivity contribution in [2.45, 2.75) is 26.0 Å². The average Bonchev–Trinajstić information content (AvgIpc) is 2.78. The predicted molar refractivity (Wildman–Crippen MR) is 70.7 cm³/mol. The molecule has 90 valence electrons. The summed E-state index contributed by atoms with van der Waals surface area (Å²) >= 11 is 3.46. The fourth-order valence-corrected chi connectivity index (χ4v) is 2.45. The molecule has 0 saturated carbocycles. The van der Waals surface area contributed by atoms with E-state index < -0.39 is 5.60 Å². The zero-order chi connectivity index (χ0) is 12.5. The maximum Gasteiger partial charge on any atom is 0.131 e. The molecule has 17 heavy (non-hydrogen) atoms. The quantitative estimate of drug-likeness (QED) is 0.945. The van der Waals surface area contributed by atoms with Crippen molar-refractivity contribution < 1.29 is 5.11 Å². The van der Waals surface area contributed by atoms with Crippen molar-refractivity contribution >= 4 is 15.9 Å². The highest BCUT2D eigenvalue weighted by molar-refractivity contribution is 9.10. The van der Waals surface area contributed by atoms with E-state index >= 15 is 0 Å². The number of hydrogen-bond donors (Lipinski definition) is 1. The Morgan fingerprint density at radius 2 is 2.12 bits per heavy atom. The molecule has 0 amide bonds. The summed E-state index contributed by atoms with van der Waals surface area (Å²) in [5.74, 6) is 0. The van der Waals surface area contributed by atoms with E-state index in [0.29, 0.717) is 5.69 Å². The number of nitrogens with zero attached hydrogens (tertiary/aromatic N) is 2. The van der Waals surface area contributed by atoms with Crippen LogP contribution in [0.2, 0.25) is 0 Å². The SMILES string of the molecule is CCn1cnc(C(C)(O)c2ccccc2Br)c1. The van der Waals surface area contributed by atoms with Crippen LogP contribution in [0.5, 0.6) is 0 Å². The molecule has 0 aliphatic carbocycles. The molecular formula is C13H15BrN2O. The molecule has 1 atom stereocenters. The van der Waals surface area contributed by atoms with Gasteiger partial charge < -0.3 is 9.67 Å². The molecule has 1 unspecified atom stereocenters. The van der Waals surface area contributed by atoms with Gasteiger partial charge in [0.05, 0.1) is 12.0 Å². The third-order valence-electron chi connectivity index (χ3n) is 2.90. The molecule has 0 spiro atoms. The molecule has 0 aliphatic heterocycles. The highest BCUT2D eigenvalue weighted by Crippen LogP contribution is 2.32. The van der Waals surface area contributed by atoms with Crippen LogP contribution in [-0.2, 0) is 12.1 Å². The fourth-order valence-electron chi connectivity index (χ4n) is 1.78. The van der Waals surface area contributed by atoms with Crippen LogP contribution < -0.4 is 0 Å². The molecule has 2 aromatic rings. The Morgan fingerprint density at radius 3 is 2.71 bits per heavy atom. The van der Waals surface area contributed by atoms with Gasteiger partial charge in [0.1, 0.15) is 5.60 Å². The van der Waals surface area contributed by atoms with Crippen molar-refractivity contribution in [2.24, 2.45) is 0 Å². The first-order chi connectivity index (χ1) is 8.05. The summed E-state index contributed by atoms with van der Waals surface area (Å²) < 4.78 is 2.83. The van der Waals surface area contributed by atoms with Crippen LogP contribution in [0.1, 0.15) is 25.1 Å². The molecule has 4 heteroatoms. The molecule has 3 nitrogen and oxygen atoms in total. The van der Waals surface area contributed by atoms with Crippen molar-refractivity contribution in [2.75, 3.05) is 0 Å². The van der Waals surface area contributed by atoms with Gasteiger partial charge in [0.15, 0.2) is 0 Å². The second-order valence-corrected chi connectivity index (χ2v) is 5.00. The Morgan fingerprint density at radius 1 is 1.41 bits per heavy atom. The number of rotatable bonds is 3. The van der Waals surface area contributed by atoms with Crippen LogP contribution >= 0.6 is 15.9 Å². The van der Waals surface area contributed by atoms with Gasteiger partial charge in [-0.05, 0) is 19.9 Å². The number of imidazole rings is 1. The lowest BCUT2D eigenvalue weighted by molar-refractivity contribution is 0.0970. The number of aliphatic hydroxyl groups is 1. The summed E-state index contributed by atoms with van der Waals surface area (Å²) in [6.45, 7) is 4.65. The van der Waals surface area contributed by atoms with Crippen molar-refractivity contribution in [3.05, 3.63) is 52.5 Å². The molecule has 1 aromatic heterocycles. The van der Waals surface area contributed by atoms with Gasteiger partial charge in [0.25, 0.3) is 0 Å². The maximum atomic E-state index is 10.6. The summed E-state index contributed by atoms with van der Waals surface area (Å²) in [5.41, 5.74) is 0.396. The Labute approximate surface area is 109 Å². The van der Waals surface area contributed by atoms with E-state index in [9.17, 15) is 5.11 Å². The van der Waals surface area contributed by atoms with Gasteiger partial charge in [-0.25, -0.2) is 4.98 Å². The zero-order valence-electron chi connectivity index (χ0n) is 9.89. The topological polar surface area (TPSA) is 38.0 Å². The lowest BCUT2D eigenvalue weighted by atomic mass is 9.93. The van der Waals surface area contributed by atoms with Gasteiger partial charge >= 0.3 is 0 Å². The molecule has 0 aliphatic rings. The first kappa shape index (κ1) is 12.3. The smallest absolute Gasteiger partial charge is 0.131 e. The first-order valence-electron chi connectivity index (χ1n) is 5.55. The lowest BCUT2D eigenvalue weighted by Crippen LogP contribution is -2.23. The standard InChI is InChI=1S/C13H15BrN2O/c1-3-16-8-12(15-9-16)13(2,17)10-6-4-5-7-11(10)14/h4-9,17H,3H2,1-2H3. The summed E-state index contributed by atoms with van der Waals surface area (Å²) in [4.78, 5) is 4.27. The van der Waals surface area contributed by atoms with E-state index in [4.69, 9.17) is 0 Å². The minimum Gasteiger partial charge on any atom is -0.379 e. The van der Waals surface area contributed by atoms with Crippen LogP contribution in [0.15, 0.2) is 41.3 Å². The van der Waals surface area contributed by atoms with E-state index in [2.05, 4.69) is 20.9 Å². The van der Waals surface area contributed by atoms with Crippen LogP contribution in [0, 0.1) is 0 Å². The number of benzene rings is 1. The maximum absolute atomic E-state index is 10.6. The Bertz CT molecular complexity index is 520. The van der Waals surface area contributed by atoms with Crippen LogP contribution in [-0.4, -0.2) is 14.7 Å². The van der Waals surface area contributed by atoms with E-state index in [-0.39, 0.29) is 0 Å². The van der Waals surface area contributed by atoms with Crippen molar-refractivity contribution in [1.82, 2.24) is 9.55 Å². The Balaban J connectivity index is 2.45. The number of aromatic nitrogens is 2. The zero-order valence-corrected chi connectivity index (χ0v) is 11.5. The first-order valence-corrected chi connectivity index (χ1v) is 6.34.